The molecular weight excluding hydrogens is 418 g/mol. The molecule has 0 amide bonds. The summed E-state index contributed by atoms with van der Waals surface area (Å²) in [6.45, 7) is 18.6. The number of pyridine rings is 1. The van der Waals surface area contributed by atoms with Crippen molar-refractivity contribution < 1.29 is 9.30 Å². The van der Waals surface area contributed by atoms with Crippen LogP contribution in [0.25, 0.3) is 32.8 Å². The summed E-state index contributed by atoms with van der Waals surface area (Å²) < 4.78 is 9.24. The molecule has 0 aliphatic carbocycles. The molecule has 1 aromatic heterocycles. The molecule has 0 saturated carbocycles. The largest absolute Gasteiger partial charge is 0.455 e. The molecule has 3 aromatic carbocycles. The highest BCUT2D eigenvalue weighted by Gasteiger charge is 2.34. The Morgan fingerprint density at radius 1 is 0.939 bits per heavy atom. The van der Waals surface area contributed by atoms with E-state index in [4.69, 9.17) is 4.74 Å². The second kappa shape index (κ2) is 7.17. The Balaban J connectivity index is 1.96. The number of aromatic nitrogens is 1. The fourth-order valence-corrected chi connectivity index (χ4v) is 6.46. The van der Waals surface area contributed by atoms with Gasteiger partial charge in [0.05, 0.1) is 19.0 Å². The van der Waals surface area contributed by atoms with Crippen LogP contribution in [0.5, 0.6) is 11.5 Å². The van der Waals surface area contributed by atoms with Crippen LogP contribution in [0.2, 0.25) is 19.6 Å². The molecule has 2 heterocycles. The van der Waals surface area contributed by atoms with Crippen molar-refractivity contribution in [3.63, 3.8) is 0 Å². The van der Waals surface area contributed by atoms with Crippen LogP contribution < -0.4 is 14.5 Å². The standard InChI is InChI=1S/C30H36NOSi/c1-18-10-11-22-19(2)26-28-27-20(12-13-31(28)6)15-21(33(7,8)9)16-25(27)32-29(26)24(23(22)14-18)17-30(3,4)5/h10-16H,17H2,1-9H3/q+1. The van der Waals surface area contributed by atoms with E-state index in [9.17, 15) is 0 Å². The molecule has 0 bridgehead atoms. The normalized spacial score (nSPS) is 13.4. The molecule has 33 heavy (non-hydrogen) atoms. The topological polar surface area (TPSA) is 13.1 Å². The molecular formula is C30H36NOSi+. The highest BCUT2D eigenvalue weighted by Crippen LogP contribution is 2.51. The third kappa shape index (κ3) is 3.58. The number of hydrogen-bond donors (Lipinski definition) is 0. The molecule has 2 nitrogen and oxygen atoms in total. The number of rotatable bonds is 2. The zero-order valence-electron chi connectivity index (χ0n) is 21.6. The van der Waals surface area contributed by atoms with E-state index in [1.165, 1.54) is 54.7 Å². The van der Waals surface area contributed by atoms with Crippen LogP contribution in [0, 0.1) is 19.3 Å². The van der Waals surface area contributed by atoms with Gasteiger partial charge in [0.15, 0.2) is 6.20 Å². The van der Waals surface area contributed by atoms with Gasteiger partial charge in [-0.25, -0.2) is 4.57 Å². The lowest BCUT2D eigenvalue weighted by atomic mass is 9.81. The lowest BCUT2D eigenvalue weighted by molar-refractivity contribution is -0.659. The Labute approximate surface area is 199 Å². The van der Waals surface area contributed by atoms with E-state index in [1.807, 2.05) is 0 Å². The van der Waals surface area contributed by atoms with E-state index in [0.717, 1.165) is 17.9 Å². The van der Waals surface area contributed by atoms with Gasteiger partial charge < -0.3 is 4.74 Å². The number of benzene rings is 3. The average molecular weight is 455 g/mol. The first-order valence-electron chi connectivity index (χ1n) is 12.1. The zero-order chi connectivity index (χ0) is 23.9. The Kier molecular flexibility index (Phi) is 4.81. The quantitative estimate of drug-likeness (QED) is 0.201. The maximum absolute atomic E-state index is 6.96. The van der Waals surface area contributed by atoms with E-state index in [-0.39, 0.29) is 5.41 Å². The minimum atomic E-state index is -1.50. The zero-order valence-corrected chi connectivity index (χ0v) is 22.6. The van der Waals surface area contributed by atoms with Crippen LogP contribution in [0.4, 0.5) is 0 Å². The van der Waals surface area contributed by atoms with Gasteiger partial charge in [0.1, 0.15) is 18.5 Å². The number of fused-ring (bicyclic) bond motifs is 3. The molecule has 0 unspecified atom stereocenters. The predicted molar refractivity (Wildman–Crippen MR) is 144 cm³/mol. The monoisotopic (exact) mass is 454 g/mol. The SMILES string of the molecule is Cc1ccc2c(C)c3c(c(CC(C)(C)C)c2c1)Oc1cc([Si](C)(C)C)cc2cc[n+](C)c-3c12. The molecule has 0 fully saturated rings. The van der Waals surface area contributed by atoms with Gasteiger partial charge in [-0.05, 0) is 53.5 Å². The molecule has 3 heteroatoms. The van der Waals surface area contributed by atoms with E-state index in [0.29, 0.717) is 0 Å². The summed E-state index contributed by atoms with van der Waals surface area (Å²) in [6.07, 6.45) is 3.19. The van der Waals surface area contributed by atoms with E-state index in [2.05, 4.69) is 108 Å². The lowest BCUT2D eigenvalue weighted by Gasteiger charge is -2.29. The molecule has 5 rings (SSSR count). The molecule has 0 atom stereocenters. The third-order valence-electron chi connectivity index (χ3n) is 7.00. The third-order valence-corrected chi connectivity index (χ3v) is 9.02. The van der Waals surface area contributed by atoms with E-state index < -0.39 is 8.07 Å². The van der Waals surface area contributed by atoms with Gasteiger partial charge in [-0.2, -0.15) is 0 Å². The maximum atomic E-state index is 6.96. The number of nitrogens with zero attached hydrogens (tertiary/aromatic N) is 1. The van der Waals surface area contributed by atoms with Gasteiger partial charge in [0, 0.05) is 11.6 Å². The van der Waals surface area contributed by atoms with Gasteiger partial charge in [0.2, 0.25) is 5.69 Å². The van der Waals surface area contributed by atoms with Crippen molar-refractivity contribution in [2.24, 2.45) is 12.5 Å². The Hall–Kier alpha value is -2.65. The molecule has 4 aromatic rings. The minimum Gasteiger partial charge on any atom is -0.455 e. The van der Waals surface area contributed by atoms with Crippen molar-refractivity contribution in [3.05, 3.63) is 59.3 Å². The first-order chi connectivity index (χ1) is 15.3. The smallest absolute Gasteiger partial charge is 0.228 e. The second-order valence-corrected chi connectivity index (χ2v) is 17.2. The van der Waals surface area contributed by atoms with Crippen LogP contribution in [-0.4, -0.2) is 8.07 Å². The Morgan fingerprint density at radius 3 is 2.33 bits per heavy atom. The highest BCUT2D eigenvalue weighted by atomic mass is 28.3. The molecule has 1 aliphatic heterocycles. The average Bonchev–Trinajstić information content (AvgIpc) is 2.71. The van der Waals surface area contributed by atoms with Gasteiger partial charge in [0.25, 0.3) is 0 Å². The summed E-state index contributed by atoms with van der Waals surface area (Å²) in [5.74, 6) is 2.08. The summed E-state index contributed by atoms with van der Waals surface area (Å²) in [6, 6.07) is 13.9. The van der Waals surface area contributed by atoms with Crippen LogP contribution in [0.1, 0.15) is 37.5 Å². The number of aryl methyl sites for hydroxylation is 3. The fourth-order valence-electron chi connectivity index (χ4n) is 5.31. The van der Waals surface area contributed by atoms with Crippen molar-refractivity contribution in [1.29, 1.82) is 0 Å². The van der Waals surface area contributed by atoms with Gasteiger partial charge in [-0.15, -0.1) is 0 Å². The van der Waals surface area contributed by atoms with Crippen LogP contribution in [0.15, 0.2) is 42.6 Å². The predicted octanol–water partition coefficient (Wildman–Crippen LogP) is 7.34. The van der Waals surface area contributed by atoms with E-state index in [1.54, 1.807) is 0 Å². The van der Waals surface area contributed by atoms with Crippen molar-refractivity contribution in [2.45, 2.75) is 60.7 Å². The summed E-state index contributed by atoms with van der Waals surface area (Å²) in [4.78, 5) is 0. The molecule has 170 valence electrons. The summed E-state index contributed by atoms with van der Waals surface area (Å²) >= 11 is 0. The van der Waals surface area contributed by atoms with Crippen molar-refractivity contribution in [2.75, 3.05) is 0 Å². The lowest BCUT2D eigenvalue weighted by Crippen LogP contribution is -2.38. The van der Waals surface area contributed by atoms with Gasteiger partial charge in [-0.1, -0.05) is 75.4 Å². The van der Waals surface area contributed by atoms with Crippen LogP contribution >= 0.6 is 0 Å². The summed E-state index contributed by atoms with van der Waals surface area (Å²) in [5, 5.41) is 6.64. The molecule has 0 saturated heterocycles. The highest BCUT2D eigenvalue weighted by molar-refractivity contribution is 6.88. The van der Waals surface area contributed by atoms with Gasteiger partial charge >= 0.3 is 0 Å². The Morgan fingerprint density at radius 2 is 1.67 bits per heavy atom. The van der Waals surface area contributed by atoms with Crippen molar-refractivity contribution in [3.8, 4) is 22.8 Å². The molecule has 0 spiro atoms. The van der Waals surface area contributed by atoms with Gasteiger partial charge in [-0.3, -0.25) is 0 Å². The first kappa shape index (κ1) is 22.2. The minimum absolute atomic E-state index is 0.151. The first-order valence-corrected chi connectivity index (χ1v) is 15.6. The van der Waals surface area contributed by atoms with E-state index >= 15 is 0 Å². The molecule has 1 aliphatic rings. The van der Waals surface area contributed by atoms with Crippen molar-refractivity contribution >= 4 is 34.8 Å². The summed E-state index contributed by atoms with van der Waals surface area (Å²) in [7, 11) is 0.672. The molecule has 0 N–H and O–H groups in total. The summed E-state index contributed by atoms with van der Waals surface area (Å²) in [5.41, 5.74) is 6.62. The number of hydrogen-bond acceptors (Lipinski definition) is 1. The maximum Gasteiger partial charge on any atom is 0.228 e. The Bertz CT molecular complexity index is 1450. The van der Waals surface area contributed by atoms with Crippen LogP contribution in [-0.2, 0) is 13.5 Å². The molecule has 0 radical (unpaired) electrons. The number of ether oxygens (including phenoxy) is 1. The van der Waals surface area contributed by atoms with Crippen LogP contribution in [0.3, 0.4) is 0 Å². The van der Waals surface area contributed by atoms with Crippen molar-refractivity contribution in [1.82, 2.24) is 0 Å². The second-order valence-electron chi connectivity index (χ2n) is 12.2. The fraction of sp³-hybridized carbons (Fsp3) is 0.367.